The summed E-state index contributed by atoms with van der Waals surface area (Å²) in [6.07, 6.45) is -3.53. The van der Waals surface area contributed by atoms with Crippen molar-refractivity contribution in [2.24, 2.45) is 4.99 Å². The fourth-order valence-electron chi connectivity index (χ4n) is 3.24. The van der Waals surface area contributed by atoms with E-state index in [0.29, 0.717) is 19.5 Å². The topological polar surface area (TPSA) is 43.3 Å². The summed E-state index contributed by atoms with van der Waals surface area (Å²) in [5.41, 5.74) is 1.16. The van der Waals surface area contributed by atoms with Crippen molar-refractivity contribution in [1.29, 1.82) is 0 Å². The van der Waals surface area contributed by atoms with Crippen LogP contribution in [0.3, 0.4) is 0 Å². The molecule has 0 radical (unpaired) electrons. The monoisotopic (exact) mass is 401 g/mol. The highest BCUT2D eigenvalue weighted by Crippen LogP contribution is 2.20. The predicted molar refractivity (Wildman–Crippen MR) is 106 cm³/mol. The minimum atomic E-state index is -4.15. The van der Waals surface area contributed by atoms with Gasteiger partial charge in [-0.05, 0) is 44.3 Å². The minimum Gasteiger partial charge on any atom is -0.497 e. The van der Waals surface area contributed by atoms with E-state index >= 15 is 0 Å². The summed E-state index contributed by atoms with van der Waals surface area (Å²) in [7, 11) is 4.87. The van der Waals surface area contributed by atoms with E-state index in [9.17, 15) is 13.2 Å². The number of alkyl halides is 3. The molecule has 1 fully saturated rings. The molecule has 2 rings (SSSR count). The molecule has 0 aliphatic carbocycles. The first-order valence-electron chi connectivity index (χ1n) is 9.42. The molecule has 0 unspecified atom stereocenters. The van der Waals surface area contributed by atoms with Gasteiger partial charge in [-0.15, -0.1) is 0 Å². The number of benzene rings is 1. The molecule has 1 aliphatic rings. The molecule has 1 N–H and O–H groups in total. The van der Waals surface area contributed by atoms with Crippen molar-refractivity contribution in [1.82, 2.24) is 15.1 Å². The second-order valence-electron chi connectivity index (χ2n) is 6.85. The van der Waals surface area contributed by atoms with Gasteiger partial charge in [0, 0.05) is 45.5 Å². The van der Waals surface area contributed by atoms with E-state index in [1.54, 1.807) is 14.2 Å². The second kappa shape index (κ2) is 10.4. The lowest BCUT2D eigenvalue weighted by molar-refractivity contribution is -0.143. The zero-order chi connectivity index (χ0) is 20.6. The molecule has 6 nitrogen and oxygen atoms in total. The van der Waals surface area contributed by atoms with Crippen LogP contribution in [0.4, 0.5) is 18.9 Å². The highest BCUT2D eigenvalue weighted by atomic mass is 19.4. The van der Waals surface area contributed by atoms with Gasteiger partial charge in [0.1, 0.15) is 5.75 Å². The van der Waals surface area contributed by atoms with E-state index in [2.05, 4.69) is 32.2 Å². The highest BCUT2D eigenvalue weighted by Gasteiger charge is 2.28. The Balaban J connectivity index is 1.72. The number of nitrogens with one attached hydrogen (secondary N) is 1. The van der Waals surface area contributed by atoms with E-state index in [1.807, 2.05) is 12.1 Å². The maximum atomic E-state index is 12.3. The van der Waals surface area contributed by atoms with E-state index in [0.717, 1.165) is 43.6 Å². The molecule has 0 aromatic heterocycles. The number of ether oxygens (including phenoxy) is 1. The van der Waals surface area contributed by atoms with Crippen LogP contribution in [-0.4, -0.2) is 89.0 Å². The molecule has 0 atom stereocenters. The first-order valence-corrected chi connectivity index (χ1v) is 9.42. The van der Waals surface area contributed by atoms with Gasteiger partial charge in [-0.1, -0.05) is 0 Å². The summed E-state index contributed by atoms with van der Waals surface area (Å²) in [6.45, 7) is 3.51. The zero-order valence-electron chi connectivity index (χ0n) is 16.8. The van der Waals surface area contributed by atoms with Crippen LogP contribution in [0.5, 0.6) is 5.75 Å². The maximum Gasteiger partial charge on any atom is 0.401 e. The summed E-state index contributed by atoms with van der Waals surface area (Å²) in [5.74, 6) is 1.64. The smallest absolute Gasteiger partial charge is 0.401 e. The van der Waals surface area contributed by atoms with Crippen LogP contribution in [0, 0.1) is 0 Å². The number of halogens is 3. The molecular formula is C19H30F3N5O. The normalized spacial score (nSPS) is 15.9. The van der Waals surface area contributed by atoms with Crippen molar-refractivity contribution in [2.75, 3.05) is 71.9 Å². The molecule has 0 bridgehead atoms. The molecular weight excluding hydrogens is 371 g/mol. The van der Waals surface area contributed by atoms with E-state index < -0.39 is 12.7 Å². The fourth-order valence-corrected chi connectivity index (χ4v) is 3.24. The van der Waals surface area contributed by atoms with Gasteiger partial charge in [0.15, 0.2) is 5.96 Å². The average Bonchev–Trinajstić information content (AvgIpc) is 2.67. The van der Waals surface area contributed by atoms with Crippen molar-refractivity contribution in [3.05, 3.63) is 24.3 Å². The van der Waals surface area contributed by atoms with E-state index in [-0.39, 0.29) is 0 Å². The Labute approximate surface area is 165 Å². The van der Waals surface area contributed by atoms with Crippen LogP contribution in [0.1, 0.15) is 6.42 Å². The largest absolute Gasteiger partial charge is 0.497 e. The van der Waals surface area contributed by atoms with Crippen LogP contribution in [-0.2, 0) is 0 Å². The number of nitrogens with zero attached hydrogens (tertiary/aromatic N) is 4. The van der Waals surface area contributed by atoms with Gasteiger partial charge in [-0.25, -0.2) is 0 Å². The van der Waals surface area contributed by atoms with Crippen LogP contribution in [0.2, 0.25) is 0 Å². The summed E-state index contributed by atoms with van der Waals surface area (Å²) in [4.78, 5) is 10.1. The van der Waals surface area contributed by atoms with Crippen LogP contribution < -0.4 is 15.0 Å². The Morgan fingerprint density at radius 1 is 1.18 bits per heavy atom. The molecule has 1 saturated heterocycles. The molecule has 0 spiro atoms. The Kier molecular flexibility index (Phi) is 8.22. The number of piperazine rings is 1. The van der Waals surface area contributed by atoms with Crippen molar-refractivity contribution in [2.45, 2.75) is 12.6 Å². The Hall–Kier alpha value is -2.16. The quantitative estimate of drug-likeness (QED) is 0.431. The molecule has 1 aromatic carbocycles. The number of anilines is 1. The number of aliphatic imine (C=N–C) groups is 1. The SMILES string of the molecule is CN=C(NCCCN(C)CC(F)(F)F)N1CCN(c2ccc(OC)cc2)CC1. The van der Waals surface area contributed by atoms with Gasteiger partial charge < -0.3 is 19.9 Å². The van der Waals surface area contributed by atoms with Crippen LogP contribution >= 0.6 is 0 Å². The Bertz CT molecular complexity index is 613. The van der Waals surface area contributed by atoms with Gasteiger partial charge >= 0.3 is 6.18 Å². The molecule has 0 amide bonds. The summed E-state index contributed by atoms with van der Waals surface area (Å²) >= 11 is 0. The van der Waals surface area contributed by atoms with Crippen molar-refractivity contribution < 1.29 is 17.9 Å². The number of hydrogen-bond acceptors (Lipinski definition) is 4. The average molecular weight is 401 g/mol. The van der Waals surface area contributed by atoms with Gasteiger partial charge in [0.25, 0.3) is 0 Å². The molecule has 1 aromatic rings. The van der Waals surface area contributed by atoms with E-state index in [1.165, 1.54) is 11.9 Å². The third-order valence-corrected chi connectivity index (χ3v) is 4.68. The molecule has 1 heterocycles. The number of rotatable bonds is 7. The lowest BCUT2D eigenvalue weighted by Crippen LogP contribution is -2.52. The van der Waals surface area contributed by atoms with Crippen LogP contribution in [0.15, 0.2) is 29.3 Å². The summed E-state index contributed by atoms with van der Waals surface area (Å²) in [5, 5.41) is 3.26. The lowest BCUT2D eigenvalue weighted by Gasteiger charge is -2.37. The van der Waals surface area contributed by atoms with Crippen molar-refractivity contribution >= 4 is 11.6 Å². The van der Waals surface area contributed by atoms with Crippen LogP contribution in [0.25, 0.3) is 0 Å². The van der Waals surface area contributed by atoms with Gasteiger partial charge in [0.2, 0.25) is 0 Å². The standard InChI is InChI=1S/C19H30F3N5O/c1-23-18(24-9-4-10-25(2)15-19(20,21)22)27-13-11-26(12-14-27)16-5-7-17(28-3)8-6-16/h5-8H,4,9-15H2,1-3H3,(H,23,24). The van der Waals surface area contributed by atoms with Gasteiger partial charge in [-0.2, -0.15) is 13.2 Å². The Morgan fingerprint density at radius 2 is 1.82 bits per heavy atom. The maximum absolute atomic E-state index is 12.3. The molecule has 9 heteroatoms. The summed E-state index contributed by atoms with van der Waals surface area (Å²) in [6, 6.07) is 8.02. The Morgan fingerprint density at radius 3 is 2.36 bits per heavy atom. The number of guanidine groups is 1. The first kappa shape index (κ1) is 22.1. The lowest BCUT2D eigenvalue weighted by atomic mass is 10.2. The van der Waals surface area contributed by atoms with Gasteiger partial charge in [0.05, 0.1) is 13.7 Å². The predicted octanol–water partition coefficient (Wildman–Crippen LogP) is 2.28. The molecule has 1 aliphatic heterocycles. The highest BCUT2D eigenvalue weighted by molar-refractivity contribution is 5.80. The second-order valence-corrected chi connectivity index (χ2v) is 6.85. The fraction of sp³-hybridized carbons (Fsp3) is 0.632. The number of methoxy groups -OCH3 is 1. The third-order valence-electron chi connectivity index (χ3n) is 4.68. The first-order chi connectivity index (χ1) is 13.3. The molecule has 0 saturated carbocycles. The van der Waals surface area contributed by atoms with E-state index in [4.69, 9.17) is 4.74 Å². The van der Waals surface area contributed by atoms with Crippen molar-refractivity contribution in [3.63, 3.8) is 0 Å². The van der Waals surface area contributed by atoms with Gasteiger partial charge in [-0.3, -0.25) is 9.89 Å². The minimum absolute atomic E-state index is 0.384. The third kappa shape index (κ3) is 7.10. The molecule has 28 heavy (non-hydrogen) atoms. The number of hydrogen-bond donors (Lipinski definition) is 1. The molecule has 158 valence electrons. The summed E-state index contributed by atoms with van der Waals surface area (Å²) < 4.78 is 42.2. The van der Waals surface area contributed by atoms with Crippen molar-refractivity contribution in [3.8, 4) is 5.75 Å². The zero-order valence-corrected chi connectivity index (χ0v) is 16.8.